The normalized spacial score (nSPS) is 10.5. The molecule has 0 bridgehead atoms. The number of rotatable bonds is 7. The van der Waals surface area contributed by atoms with E-state index in [1.165, 1.54) is 22.3 Å². The smallest absolute Gasteiger partial charge is 0.0900 e. The van der Waals surface area contributed by atoms with E-state index in [0.29, 0.717) is 0 Å². The summed E-state index contributed by atoms with van der Waals surface area (Å²) in [5.41, 5.74) is 14.8. The Morgan fingerprint density at radius 3 is 0.800 bits per heavy atom. The summed E-state index contributed by atoms with van der Waals surface area (Å²) in [6, 6.07) is 68.0. The second-order valence-corrected chi connectivity index (χ2v) is 11.9. The van der Waals surface area contributed by atoms with Crippen LogP contribution in [0.25, 0.3) is 78.4 Å². The SMILES string of the molecule is N.N.c1ccc(-c2cccc(-c3cc(-c4ccccc4)nc(-c4cc(-c5cccc(-c6ccccc6)c5)cc(-c5ccccc5)n4)c3)c2)cc1. The molecule has 0 unspecified atom stereocenters. The van der Waals surface area contributed by atoms with E-state index in [1.54, 1.807) is 0 Å². The molecular weight excluding hydrogens is 609 g/mol. The Morgan fingerprint density at radius 2 is 0.460 bits per heavy atom. The predicted octanol–water partition coefficient (Wildman–Crippen LogP) is 12.5. The monoisotopic (exact) mass is 646 g/mol. The summed E-state index contributed by atoms with van der Waals surface area (Å²) in [5, 5.41) is 0. The molecule has 6 aromatic carbocycles. The maximum atomic E-state index is 5.25. The van der Waals surface area contributed by atoms with Crippen LogP contribution in [-0.2, 0) is 0 Å². The van der Waals surface area contributed by atoms with Gasteiger partial charge in [0.15, 0.2) is 0 Å². The van der Waals surface area contributed by atoms with Crippen molar-refractivity contribution in [3.63, 3.8) is 0 Å². The molecule has 0 radical (unpaired) electrons. The first kappa shape index (κ1) is 33.4. The van der Waals surface area contributed by atoms with Crippen LogP contribution in [0.3, 0.4) is 0 Å². The van der Waals surface area contributed by atoms with Gasteiger partial charge in [0.1, 0.15) is 0 Å². The number of aromatic nitrogens is 2. The van der Waals surface area contributed by atoms with E-state index in [-0.39, 0.29) is 12.3 Å². The fourth-order valence-corrected chi connectivity index (χ4v) is 6.19. The van der Waals surface area contributed by atoms with Gasteiger partial charge in [0.2, 0.25) is 0 Å². The van der Waals surface area contributed by atoms with Gasteiger partial charge in [0, 0.05) is 11.1 Å². The molecule has 0 fully saturated rings. The van der Waals surface area contributed by atoms with Crippen molar-refractivity contribution in [1.82, 2.24) is 22.3 Å². The highest BCUT2D eigenvalue weighted by atomic mass is 14.8. The highest BCUT2D eigenvalue weighted by Crippen LogP contribution is 2.35. The van der Waals surface area contributed by atoms with Crippen molar-refractivity contribution in [3.05, 3.63) is 194 Å². The first-order valence-electron chi connectivity index (χ1n) is 16.2. The minimum atomic E-state index is 0. The summed E-state index contributed by atoms with van der Waals surface area (Å²) in [4.78, 5) is 10.5. The van der Waals surface area contributed by atoms with E-state index in [0.717, 1.165) is 56.2 Å². The van der Waals surface area contributed by atoms with Gasteiger partial charge in [-0.05, 0) is 80.9 Å². The van der Waals surface area contributed by atoms with Gasteiger partial charge >= 0.3 is 0 Å². The summed E-state index contributed by atoms with van der Waals surface area (Å²) in [5.74, 6) is 0. The summed E-state index contributed by atoms with van der Waals surface area (Å²) in [6.07, 6.45) is 0. The summed E-state index contributed by atoms with van der Waals surface area (Å²) in [6.45, 7) is 0. The van der Waals surface area contributed by atoms with E-state index in [1.807, 2.05) is 12.1 Å². The van der Waals surface area contributed by atoms with Gasteiger partial charge in [-0.2, -0.15) is 0 Å². The van der Waals surface area contributed by atoms with Gasteiger partial charge in [-0.25, -0.2) is 9.97 Å². The molecule has 4 heteroatoms. The molecule has 0 atom stereocenters. The minimum absolute atomic E-state index is 0. The van der Waals surface area contributed by atoms with Gasteiger partial charge in [-0.15, -0.1) is 0 Å². The van der Waals surface area contributed by atoms with Crippen molar-refractivity contribution in [2.45, 2.75) is 0 Å². The fourth-order valence-electron chi connectivity index (χ4n) is 6.19. The van der Waals surface area contributed by atoms with Crippen LogP contribution < -0.4 is 12.3 Å². The van der Waals surface area contributed by atoms with Crippen LogP contribution in [0.1, 0.15) is 0 Å². The Hall–Kier alpha value is -6.46. The average Bonchev–Trinajstić information content (AvgIpc) is 3.19. The molecule has 0 spiro atoms. The van der Waals surface area contributed by atoms with E-state index < -0.39 is 0 Å². The molecule has 0 aliphatic carbocycles. The Morgan fingerprint density at radius 1 is 0.200 bits per heavy atom. The third-order valence-electron chi connectivity index (χ3n) is 8.66. The number of nitrogens with zero attached hydrogens (tertiary/aromatic N) is 2. The molecule has 6 N–H and O–H groups in total. The van der Waals surface area contributed by atoms with Gasteiger partial charge in [-0.1, -0.05) is 158 Å². The molecule has 50 heavy (non-hydrogen) atoms. The van der Waals surface area contributed by atoms with Crippen LogP contribution >= 0.6 is 0 Å². The van der Waals surface area contributed by atoms with Crippen LogP contribution in [0.2, 0.25) is 0 Å². The maximum Gasteiger partial charge on any atom is 0.0900 e. The van der Waals surface area contributed by atoms with E-state index in [2.05, 4.69) is 182 Å². The number of hydrogen-bond acceptors (Lipinski definition) is 4. The molecular formula is C46H38N4. The van der Waals surface area contributed by atoms with Gasteiger partial charge in [0.25, 0.3) is 0 Å². The second kappa shape index (κ2) is 15.2. The largest absolute Gasteiger partial charge is 0.344 e. The first-order valence-corrected chi connectivity index (χ1v) is 16.2. The number of hydrogen-bond donors (Lipinski definition) is 2. The van der Waals surface area contributed by atoms with Gasteiger partial charge in [0.05, 0.1) is 22.8 Å². The average molecular weight is 647 g/mol. The summed E-state index contributed by atoms with van der Waals surface area (Å²) < 4.78 is 0. The third kappa shape index (κ3) is 7.18. The van der Waals surface area contributed by atoms with Crippen LogP contribution in [0.4, 0.5) is 0 Å². The van der Waals surface area contributed by atoms with Crippen LogP contribution in [0.15, 0.2) is 194 Å². The van der Waals surface area contributed by atoms with E-state index >= 15 is 0 Å². The van der Waals surface area contributed by atoms with Crippen LogP contribution in [-0.4, -0.2) is 9.97 Å². The minimum Gasteiger partial charge on any atom is -0.344 e. The molecule has 8 rings (SSSR count). The van der Waals surface area contributed by atoms with E-state index in [4.69, 9.17) is 9.97 Å². The highest BCUT2D eigenvalue weighted by molar-refractivity contribution is 5.82. The molecule has 8 aromatic rings. The Balaban J connectivity index is 0.00000216. The standard InChI is InChI=1S/C46H32N2.2H3N/c1-5-15-33(16-6-1)37-23-13-25-39(27-37)41-29-43(35-19-9-3-10-20-35)47-45(31-41)46-32-42(30-44(48-46)36-21-11-4-12-22-36)40-26-14-24-38(28-40)34-17-7-2-8-18-34;;/h1-32H;2*1H3. The molecule has 0 amide bonds. The summed E-state index contributed by atoms with van der Waals surface area (Å²) in [7, 11) is 0. The van der Waals surface area contributed by atoms with Gasteiger partial charge < -0.3 is 12.3 Å². The van der Waals surface area contributed by atoms with E-state index in [9.17, 15) is 0 Å². The highest BCUT2D eigenvalue weighted by Gasteiger charge is 2.14. The zero-order valence-corrected chi connectivity index (χ0v) is 27.8. The molecule has 242 valence electrons. The lowest BCUT2D eigenvalue weighted by Gasteiger charge is -2.14. The second-order valence-electron chi connectivity index (χ2n) is 11.9. The van der Waals surface area contributed by atoms with Crippen LogP contribution in [0.5, 0.6) is 0 Å². The molecule has 2 aromatic heterocycles. The molecule has 0 aliphatic rings. The van der Waals surface area contributed by atoms with Gasteiger partial charge in [-0.3, -0.25) is 0 Å². The van der Waals surface area contributed by atoms with Crippen molar-refractivity contribution in [2.24, 2.45) is 0 Å². The number of pyridine rings is 2. The zero-order chi connectivity index (χ0) is 32.1. The Bertz CT molecular complexity index is 2150. The summed E-state index contributed by atoms with van der Waals surface area (Å²) >= 11 is 0. The third-order valence-corrected chi connectivity index (χ3v) is 8.66. The Labute approximate surface area is 294 Å². The fraction of sp³-hybridized carbons (Fsp3) is 0. The zero-order valence-electron chi connectivity index (χ0n) is 27.8. The van der Waals surface area contributed by atoms with Crippen molar-refractivity contribution in [3.8, 4) is 78.4 Å². The molecule has 0 saturated carbocycles. The lowest BCUT2D eigenvalue weighted by atomic mass is 9.95. The van der Waals surface area contributed by atoms with Crippen molar-refractivity contribution < 1.29 is 0 Å². The maximum absolute atomic E-state index is 5.25. The number of benzene rings is 6. The quantitative estimate of drug-likeness (QED) is 0.180. The van der Waals surface area contributed by atoms with Crippen molar-refractivity contribution >= 4 is 0 Å². The Kier molecular flexibility index (Phi) is 10.2. The molecule has 0 saturated heterocycles. The molecule has 4 nitrogen and oxygen atoms in total. The first-order chi connectivity index (χ1) is 23.8. The molecule has 0 aliphatic heterocycles. The topological polar surface area (TPSA) is 95.8 Å². The van der Waals surface area contributed by atoms with Crippen molar-refractivity contribution in [1.29, 1.82) is 0 Å². The lowest BCUT2D eigenvalue weighted by Crippen LogP contribution is -1.96. The lowest BCUT2D eigenvalue weighted by molar-refractivity contribution is 1.25. The molecule has 2 heterocycles. The van der Waals surface area contributed by atoms with Crippen LogP contribution in [0, 0.1) is 0 Å². The predicted molar refractivity (Wildman–Crippen MR) is 210 cm³/mol. The van der Waals surface area contributed by atoms with Crippen molar-refractivity contribution in [2.75, 3.05) is 0 Å².